The minimum atomic E-state index is -0.840. The molecule has 0 saturated carbocycles. The summed E-state index contributed by atoms with van der Waals surface area (Å²) in [6.45, 7) is 2.74. The van der Waals surface area contributed by atoms with Crippen LogP contribution in [-0.4, -0.2) is 17.7 Å². The molecule has 1 aromatic carbocycles. The van der Waals surface area contributed by atoms with Gasteiger partial charge in [-0.2, -0.15) is 0 Å². The normalized spacial score (nSPS) is 32.1. The Morgan fingerprint density at radius 1 is 1.43 bits per heavy atom. The molecule has 0 radical (unpaired) electrons. The lowest BCUT2D eigenvalue weighted by Crippen LogP contribution is -2.37. The van der Waals surface area contributed by atoms with Gasteiger partial charge in [-0.05, 0) is 37.6 Å². The molecular weight excluding hydrogens is 181 g/mol. The van der Waals surface area contributed by atoms with E-state index < -0.39 is 5.60 Å². The SMILES string of the molecule is CC1NCCC1(O)c1ccc(F)cc1. The topological polar surface area (TPSA) is 32.3 Å². The fourth-order valence-corrected chi connectivity index (χ4v) is 2.00. The largest absolute Gasteiger partial charge is 0.383 e. The Morgan fingerprint density at radius 3 is 2.57 bits per heavy atom. The molecule has 1 aliphatic rings. The van der Waals surface area contributed by atoms with Crippen molar-refractivity contribution >= 4 is 0 Å². The average molecular weight is 195 g/mol. The maximum atomic E-state index is 12.7. The van der Waals surface area contributed by atoms with Crippen molar-refractivity contribution in [3.63, 3.8) is 0 Å². The van der Waals surface area contributed by atoms with Crippen molar-refractivity contribution < 1.29 is 9.50 Å². The summed E-state index contributed by atoms with van der Waals surface area (Å²) in [5.74, 6) is -0.268. The Kier molecular flexibility index (Phi) is 2.29. The summed E-state index contributed by atoms with van der Waals surface area (Å²) >= 11 is 0. The lowest BCUT2D eigenvalue weighted by Gasteiger charge is -2.27. The Bertz CT molecular complexity index is 325. The maximum Gasteiger partial charge on any atom is 0.123 e. The Hall–Kier alpha value is -0.930. The summed E-state index contributed by atoms with van der Waals surface area (Å²) in [4.78, 5) is 0. The van der Waals surface area contributed by atoms with E-state index in [-0.39, 0.29) is 11.9 Å². The van der Waals surface area contributed by atoms with E-state index in [1.54, 1.807) is 12.1 Å². The van der Waals surface area contributed by atoms with Crippen LogP contribution in [0.1, 0.15) is 18.9 Å². The predicted octanol–water partition coefficient (Wildman–Crippen LogP) is 1.40. The van der Waals surface area contributed by atoms with E-state index >= 15 is 0 Å². The van der Waals surface area contributed by atoms with Crippen molar-refractivity contribution in [2.45, 2.75) is 25.0 Å². The number of nitrogens with one attached hydrogen (secondary N) is 1. The van der Waals surface area contributed by atoms with E-state index in [1.165, 1.54) is 12.1 Å². The summed E-state index contributed by atoms with van der Waals surface area (Å²) in [6.07, 6.45) is 0.680. The molecule has 1 aliphatic heterocycles. The molecule has 2 N–H and O–H groups in total. The van der Waals surface area contributed by atoms with Gasteiger partial charge in [0.25, 0.3) is 0 Å². The molecule has 14 heavy (non-hydrogen) atoms. The highest BCUT2D eigenvalue weighted by Gasteiger charge is 2.39. The standard InChI is InChI=1S/C11H14FNO/c1-8-11(14,6-7-13-8)9-2-4-10(12)5-3-9/h2-5,8,13-14H,6-7H2,1H3. The van der Waals surface area contributed by atoms with Crippen LogP contribution in [0.5, 0.6) is 0 Å². The zero-order chi connectivity index (χ0) is 10.2. The molecule has 2 unspecified atom stereocenters. The minimum absolute atomic E-state index is 0.0213. The van der Waals surface area contributed by atoms with Crippen molar-refractivity contribution in [2.24, 2.45) is 0 Å². The Morgan fingerprint density at radius 2 is 2.07 bits per heavy atom. The van der Waals surface area contributed by atoms with Crippen molar-refractivity contribution in [1.29, 1.82) is 0 Å². The third kappa shape index (κ3) is 1.42. The monoisotopic (exact) mass is 195 g/mol. The molecule has 2 nitrogen and oxygen atoms in total. The number of hydrogen-bond acceptors (Lipinski definition) is 2. The summed E-state index contributed by atoms with van der Waals surface area (Å²) < 4.78 is 12.7. The van der Waals surface area contributed by atoms with Gasteiger partial charge < -0.3 is 10.4 Å². The van der Waals surface area contributed by atoms with Crippen molar-refractivity contribution in [3.05, 3.63) is 35.6 Å². The van der Waals surface area contributed by atoms with Crippen molar-refractivity contribution in [3.8, 4) is 0 Å². The minimum Gasteiger partial charge on any atom is -0.383 e. The average Bonchev–Trinajstić information content (AvgIpc) is 2.49. The van der Waals surface area contributed by atoms with E-state index in [0.29, 0.717) is 6.42 Å². The molecular formula is C11H14FNO. The maximum absolute atomic E-state index is 12.7. The van der Waals surface area contributed by atoms with Gasteiger partial charge in [-0.1, -0.05) is 12.1 Å². The highest BCUT2D eigenvalue weighted by atomic mass is 19.1. The molecule has 3 heteroatoms. The van der Waals surface area contributed by atoms with Gasteiger partial charge >= 0.3 is 0 Å². The number of halogens is 1. The second-order valence-electron chi connectivity index (χ2n) is 3.86. The predicted molar refractivity (Wildman–Crippen MR) is 52.4 cm³/mol. The van der Waals surface area contributed by atoms with Crippen LogP contribution in [0.15, 0.2) is 24.3 Å². The van der Waals surface area contributed by atoms with E-state index in [9.17, 15) is 9.50 Å². The van der Waals surface area contributed by atoms with E-state index in [2.05, 4.69) is 5.32 Å². The summed E-state index contributed by atoms with van der Waals surface area (Å²) in [5, 5.41) is 13.5. The number of rotatable bonds is 1. The van der Waals surface area contributed by atoms with Gasteiger partial charge in [0.2, 0.25) is 0 Å². The molecule has 0 amide bonds. The van der Waals surface area contributed by atoms with Crippen molar-refractivity contribution in [2.75, 3.05) is 6.54 Å². The molecule has 1 saturated heterocycles. The number of hydrogen-bond donors (Lipinski definition) is 2. The first kappa shape index (κ1) is 9.62. The van der Waals surface area contributed by atoms with Crippen LogP contribution in [0.3, 0.4) is 0 Å². The number of aliphatic hydroxyl groups is 1. The van der Waals surface area contributed by atoms with Crippen LogP contribution in [0.4, 0.5) is 4.39 Å². The summed E-state index contributed by atoms with van der Waals surface area (Å²) in [6, 6.07) is 6.10. The van der Waals surface area contributed by atoms with Crippen LogP contribution in [0.2, 0.25) is 0 Å². The van der Waals surface area contributed by atoms with Gasteiger partial charge in [-0.15, -0.1) is 0 Å². The lowest BCUT2D eigenvalue weighted by atomic mass is 9.87. The smallest absolute Gasteiger partial charge is 0.123 e. The summed E-state index contributed by atoms with van der Waals surface area (Å²) in [5.41, 5.74) is -0.0512. The van der Waals surface area contributed by atoms with Gasteiger partial charge in [0.1, 0.15) is 11.4 Å². The summed E-state index contributed by atoms with van der Waals surface area (Å²) in [7, 11) is 0. The second kappa shape index (κ2) is 3.33. The Labute approximate surface area is 82.8 Å². The van der Waals surface area contributed by atoms with E-state index in [0.717, 1.165) is 12.1 Å². The molecule has 0 spiro atoms. The molecule has 2 atom stereocenters. The highest BCUT2D eigenvalue weighted by Crippen LogP contribution is 2.32. The highest BCUT2D eigenvalue weighted by molar-refractivity contribution is 5.26. The molecule has 76 valence electrons. The van der Waals surface area contributed by atoms with E-state index in [1.807, 2.05) is 6.92 Å². The van der Waals surface area contributed by atoms with Gasteiger partial charge in [0.15, 0.2) is 0 Å². The molecule has 0 aromatic heterocycles. The van der Waals surface area contributed by atoms with Gasteiger partial charge in [-0.3, -0.25) is 0 Å². The quantitative estimate of drug-likeness (QED) is 0.710. The zero-order valence-electron chi connectivity index (χ0n) is 8.13. The van der Waals surface area contributed by atoms with E-state index in [4.69, 9.17) is 0 Å². The third-order valence-corrected chi connectivity index (χ3v) is 3.02. The van der Waals surface area contributed by atoms with Crippen molar-refractivity contribution in [1.82, 2.24) is 5.32 Å². The first-order valence-corrected chi connectivity index (χ1v) is 4.85. The van der Waals surface area contributed by atoms with Crippen LogP contribution in [0.25, 0.3) is 0 Å². The van der Waals surface area contributed by atoms with Gasteiger partial charge in [0, 0.05) is 6.04 Å². The fourth-order valence-electron chi connectivity index (χ4n) is 2.00. The molecule has 0 bridgehead atoms. The lowest BCUT2D eigenvalue weighted by molar-refractivity contribution is 0.0292. The first-order chi connectivity index (χ1) is 6.63. The molecule has 1 aromatic rings. The Balaban J connectivity index is 2.34. The fraction of sp³-hybridized carbons (Fsp3) is 0.455. The van der Waals surface area contributed by atoms with Crippen LogP contribution in [0, 0.1) is 5.82 Å². The molecule has 0 aliphatic carbocycles. The number of benzene rings is 1. The molecule has 1 heterocycles. The first-order valence-electron chi connectivity index (χ1n) is 4.85. The molecule has 2 rings (SSSR count). The van der Waals surface area contributed by atoms with Crippen LogP contribution in [-0.2, 0) is 5.60 Å². The molecule has 1 fully saturated rings. The van der Waals surface area contributed by atoms with Gasteiger partial charge in [-0.25, -0.2) is 4.39 Å². The third-order valence-electron chi connectivity index (χ3n) is 3.02. The second-order valence-corrected chi connectivity index (χ2v) is 3.86. The van der Waals surface area contributed by atoms with Crippen LogP contribution >= 0.6 is 0 Å². The van der Waals surface area contributed by atoms with Gasteiger partial charge in [0.05, 0.1) is 0 Å². The van der Waals surface area contributed by atoms with Crippen LogP contribution < -0.4 is 5.32 Å². The zero-order valence-corrected chi connectivity index (χ0v) is 8.13.